The molecule has 1 rings (SSSR count). The van der Waals surface area contributed by atoms with E-state index in [4.69, 9.17) is 9.84 Å². The lowest BCUT2D eigenvalue weighted by molar-refractivity contribution is 0.106. The van der Waals surface area contributed by atoms with Gasteiger partial charge in [0.1, 0.15) is 0 Å². The summed E-state index contributed by atoms with van der Waals surface area (Å²) in [4.78, 5) is 10.4. The molecule has 0 saturated heterocycles. The maximum atomic E-state index is 10.4. The molecule has 0 saturated carbocycles. The average Bonchev–Trinajstić information content (AvgIpc) is 2.28. The van der Waals surface area contributed by atoms with Gasteiger partial charge in [-0.15, -0.1) is 6.58 Å². The van der Waals surface area contributed by atoms with Crippen molar-refractivity contribution < 1.29 is 14.6 Å². The van der Waals surface area contributed by atoms with E-state index in [2.05, 4.69) is 11.9 Å². The Morgan fingerprint density at radius 2 is 2.19 bits per heavy atom. The molecule has 4 heteroatoms. The van der Waals surface area contributed by atoms with E-state index in [9.17, 15) is 4.79 Å². The molecule has 1 amide bonds. The molecule has 0 bridgehead atoms. The van der Waals surface area contributed by atoms with Gasteiger partial charge in [0.15, 0.2) is 0 Å². The zero-order valence-corrected chi connectivity index (χ0v) is 8.93. The Hall–Kier alpha value is -1.81. The van der Waals surface area contributed by atoms with Gasteiger partial charge in [0.25, 0.3) is 0 Å². The number of hydrogen-bond acceptors (Lipinski definition) is 2. The Balaban J connectivity index is 2.28. The Labute approximate surface area is 94.6 Å². The van der Waals surface area contributed by atoms with Crippen LogP contribution in [0.5, 0.6) is 0 Å². The van der Waals surface area contributed by atoms with Crippen molar-refractivity contribution >= 4 is 6.09 Å². The number of benzene rings is 1. The van der Waals surface area contributed by atoms with Gasteiger partial charge in [0.05, 0.1) is 19.3 Å². The predicted molar refractivity (Wildman–Crippen MR) is 61.2 cm³/mol. The highest BCUT2D eigenvalue weighted by atomic mass is 16.5. The number of hydrogen-bond donors (Lipinski definition) is 2. The maximum Gasteiger partial charge on any atom is 0.405 e. The molecule has 1 atom stereocenters. The smallest absolute Gasteiger partial charge is 0.405 e. The quantitative estimate of drug-likeness (QED) is 0.722. The van der Waals surface area contributed by atoms with Gasteiger partial charge in [0, 0.05) is 0 Å². The van der Waals surface area contributed by atoms with Crippen LogP contribution in [0.15, 0.2) is 43.0 Å². The molecule has 1 aromatic rings. The first-order valence-electron chi connectivity index (χ1n) is 4.96. The van der Waals surface area contributed by atoms with Crippen LogP contribution < -0.4 is 5.32 Å². The van der Waals surface area contributed by atoms with E-state index in [1.165, 1.54) is 6.08 Å². The molecule has 1 aromatic carbocycles. The lowest BCUT2D eigenvalue weighted by Crippen LogP contribution is -2.35. The van der Waals surface area contributed by atoms with E-state index in [1.807, 2.05) is 30.3 Å². The van der Waals surface area contributed by atoms with Crippen LogP contribution in [-0.4, -0.2) is 23.8 Å². The summed E-state index contributed by atoms with van der Waals surface area (Å²) in [6, 6.07) is 9.32. The van der Waals surface area contributed by atoms with Crippen LogP contribution in [0.1, 0.15) is 5.56 Å². The SMILES string of the molecule is C=CC(COCc1ccccc1)NC(=O)O. The number of carbonyl (C=O) groups is 1. The predicted octanol–water partition coefficient (Wildman–Crippen LogP) is 2.03. The summed E-state index contributed by atoms with van der Waals surface area (Å²) in [5.41, 5.74) is 1.06. The van der Waals surface area contributed by atoms with E-state index in [0.29, 0.717) is 6.61 Å². The summed E-state index contributed by atoms with van der Waals surface area (Å²) in [6.07, 6.45) is 0.437. The van der Waals surface area contributed by atoms with E-state index in [0.717, 1.165) is 5.56 Å². The normalized spacial score (nSPS) is 11.8. The maximum absolute atomic E-state index is 10.4. The minimum absolute atomic E-state index is 0.282. The summed E-state index contributed by atoms with van der Waals surface area (Å²) in [5.74, 6) is 0. The second kappa shape index (κ2) is 6.63. The molecule has 0 radical (unpaired) electrons. The van der Waals surface area contributed by atoms with Crippen LogP contribution in [0.25, 0.3) is 0 Å². The molecule has 0 aliphatic carbocycles. The third kappa shape index (κ3) is 4.61. The van der Waals surface area contributed by atoms with E-state index in [-0.39, 0.29) is 12.6 Å². The fraction of sp³-hybridized carbons (Fsp3) is 0.250. The van der Waals surface area contributed by atoms with Gasteiger partial charge < -0.3 is 15.2 Å². The largest absolute Gasteiger partial charge is 0.465 e. The molecular weight excluding hydrogens is 206 g/mol. The van der Waals surface area contributed by atoms with Gasteiger partial charge in [-0.2, -0.15) is 0 Å². The van der Waals surface area contributed by atoms with E-state index < -0.39 is 6.09 Å². The zero-order chi connectivity index (χ0) is 11.8. The highest BCUT2D eigenvalue weighted by molar-refractivity contribution is 5.65. The Bertz CT molecular complexity index is 337. The van der Waals surface area contributed by atoms with Crippen LogP contribution in [0.2, 0.25) is 0 Å². The molecule has 1 unspecified atom stereocenters. The Kier molecular flexibility index (Phi) is 5.08. The molecule has 4 nitrogen and oxygen atoms in total. The van der Waals surface area contributed by atoms with Crippen molar-refractivity contribution in [2.24, 2.45) is 0 Å². The van der Waals surface area contributed by atoms with Crippen molar-refractivity contribution in [1.29, 1.82) is 0 Å². The molecule has 86 valence electrons. The van der Waals surface area contributed by atoms with Crippen molar-refractivity contribution in [3.63, 3.8) is 0 Å². The van der Waals surface area contributed by atoms with Crippen LogP contribution in [0.3, 0.4) is 0 Å². The molecule has 0 fully saturated rings. The molecule has 0 heterocycles. The lowest BCUT2D eigenvalue weighted by Gasteiger charge is -2.12. The first-order chi connectivity index (χ1) is 7.72. The Morgan fingerprint density at radius 1 is 1.50 bits per heavy atom. The van der Waals surface area contributed by atoms with Crippen molar-refractivity contribution in [3.05, 3.63) is 48.6 Å². The number of carboxylic acid groups (broad SMARTS) is 1. The number of nitrogens with one attached hydrogen (secondary N) is 1. The summed E-state index contributed by atoms with van der Waals surface area (Å²) in [7, 11) is 0. The first-order valence-corrected chi connectivity index (χ1v) is 4.96. The highest BCUT2D eigenvalue weighted by Gasteiger charge is 2.06. The fourth-order valence-electron chi connectivity index (χ4n) is 1.21. The topological polar surface area (TPSA) is 58.6 Å². The van der Waals surface area contributed by atoms with E-state index >= 15 is 0 Å². The van der Waals surface area contributed by atoms with Gasteiger partial charge in [-0.25, -0.2) is 4.79 Å². The van der Waals surface area contributed by atoms with Crippen LogP contribution in [0.4, 0.5) is 4.79 Å². The number of rotatable bonds is 6. The molecule has 2 N–H and O–H groups in total. The summed E-state index contributed by atoms with van der Waals surface area (Å²) in [5, 5.41) is 10.8. The summed E-state index contributed by atoms with van der Waals surface area (Å²) in [6.45, 7) is 4.28. The minimum Gasteiger partial charge on any atom is -0.465 e. The van der Waals surface area contributed by atoms with Gasteiger partial charge in [-0.1, -0.05) is 36.4 Å². The molecule has 0 spiro atoms. The summed E-state index contributed by atoms with van der Waals surface area (Å²) >= 11 is 0. The Morgan fingerprint density at radius 3 is 2.75 bits per heavy atom. The zero-order valence-electron chi connectivity index (χ0n) is 8.93. The standard InChI is InChI=1S/C12H15NO3/c1-2-11(13-12(14)15)9-16-8-10-6-4-3-5-7-10/h2-7,11,13H,1,8-9H2,(H,14,15). The third-order valence-electron chi connectivity index (χ3n) is 2.00. The molecule has 0 aliphatic heterocycles. The van der Waals surface area contributed by atoms with Crippen molar-refractivity contribution in [2.45, 2.75) is 12.6 Å². The number of ether oxygens (including phenoxy) is 1. The first kappa shape index (κ1) is 12.3. The second-order valence-electron chi connectivity index (χ2n) is 3.29. The monoisotopic (exact) mass is 221 g/mol. The van der Waals surface area contributed by atoms with Crippen molar-refractivity contribution in [1.82, 2.24) is 5.32 Å². The van der Waals surface area contributed by atoms with Crippen molar-refractivity contribution in [3.8, 4) is 0 Å². The fourth-order valence-corrected chi connectivity index (χ4v) is 1.21. The van der Waals surface area contributed by atoms with Crippen LogP contribution in [-0.2, 0) is 11.3 Å². The molecule has 16 heavy (non-hydrogen) atoms. The second-order valence-corrected chi connectivity index (χ2v) is 3.29. The van der Waals surface area contributed by atoms with Crippen LogP contribution in [0, 0.1) is 0 Å². The summed E-state index contributed by atoms with van der Waals surface area (Å²) < 4.78 is 5.38. The average molecular weight is 221 g/mol. The lowest BCUT2D eigenvalue weighted by atomic mass is 10.2. The van der Waals surface area contributed by atoms with Gasteiger partial charge in [-0.05, 0) is 5.56 Å². The minimum atomic E-state index is -1.08. The van der Waals surface area contributed by atoms with Crippen LogP contribution >= 0.6 is 0 Å². The molecular formula is C12H15NO3. The molecule has 0 aromatic heterocycles. The van der Waals surface area contributed by atoms with Gasteiger partial charge >= 0.3 is 6.09 Å². The molecule has 0 aliphatic rings. The number of amides is 1. The van der Waals surface area contributed by atoms with Crippen molar-refractivity contribution in [2.75, 3.05) is 6.61 Å². The highest BCUT2D eigenvalue weighted by Crippen LogP contribution is 2.01. The van der Waals surface area contributed by atoms with E-state index in [1.54, 1.807) is 0 Å². The third-order valence-corrected chi connectivity index (χ3v) is 2.00. The van der Waals surface area contributed by atoms with Gasteiger partial charge in [0.2, 0.25) is 0 Å². The van der Waals surface area contributed by atoms with Gasteiger partial charge in [-0.3, -0.25) is 0 Å².